The number of hydrogen-bond donors (Lipinski definition) is 0. The maximum absolute atomic E-state index is 5.92. The molecule has 2 aliphatic heterocycles. The largest absolute Gasteiger partial charge is 0.376 e. The van der Waals surface area contributed by atoms with Crippen LogP contribution < -0.4 is 0 Å². The molecule has 0 aliphatic carbocycles. The summed E-state index contributed by atoms with van der Waals surface area (Å²) in [4.78, 5) is 0. The van der Waals surface area contributed by atoms with Gasteiger partial charge in [-0.3, -0.25) is 0 Å². The van der Waals surface area contributed by atoms with Crippen molar-refractivity contribution in [3.63, 3.8) is 0 Å². The van der Waals surface area contributed by atoms with Gasteiger partial charge in [-0.25, -0.2) is 0 Å². The van der Waals surface area contributed by atoms with Crippen molar-refractivity contribution < 1.29 is 14.2 Å². The van der Waals surface area contributed by atoms with Crippen LogP contribution in [0.3, 0.4) is 0 Å². The predicted molar refractivity (Wildman–Crippen MR) is 130 cm³/mol. The molecule has 3 heteroatoms. The van der Waals surface area contributed by atoms with Gasteiger partial charge in [0.2, 0.25) is 0 Å². The van der Waals surface area contributed by atoms with E-state index < -0.39 is 0 Å². The van der Waals surface area contributed by atoms with Crippen molar-refractivity contribution in [1.82, 2.24) is 0 Å². The molecule has 2 saturated heterocycles. The van der Waals surface area contributed by atoms with Crippen molar-refractivity contribution >= 4 is 0 Å². The molecular formula is C30H26O3. The highest BCUT2D eigenvalue weighted by Crippen LogP contribution is 2.41. The standard InChI is InChI=1S/C30H26O3/c1-3-7-21(8-4-1)23-11-15-25(16-12-23)29-27(32-29)19-31-20-28-30(33-28)26-17-13-24(14-18-26)22-9-5-2-6-10-22/h1-18,27-30H,19-20H2. The molecule has 0 spiro atoms. The summed E-state index contributed by atoms with van der Waals surface area (Å²) >= 11 is 0. The predicted octanol–water partition coefficient (Wildman–Crippen LogP) is 6.62. The van der Waals surface area contributed by atoms with Gasteiger partial charge >= 0.3 is 0 Å². The van der Waals surface area contributed by atoms with Gasteiger partial charge < -0.3 is 14.2 Å². The Balaban J connectivity index is 0.958. The summed E-state index contributed by atoms with van der Waals surface area (Å²) < 4.78 is 17.6. The fourth-order valence-electron chi connectivity index (χ4n) is 4.42. The molecular weight excluding hydrogens is 408 g/mol. The quantitative estimate of drug-likeness (QED) is 0.292. The highest BCUT2D eigenvalue weighted by molar-refractivity contribution is 5.64. The summed E-state index contributed by atoms with van der Waals surface area (Å²) in [7, 11) is 0. The lowest BCUT2D eigenvalue weighted by atomic mass is 10.0. The number of rotatable bonds is 8. The van der Waals surface area contributed by atoms with E-state index in [2.05, 4.69) is 97.1 Å². The van der Waals surface area contributed by atoms with Crippen molar-refractivity contribution in [3.8, 4) is 22.3 Å². The molecule has 0 amide bonds. The topological polar surface area (TPSA) is 34.3 Å². The maximum Gasteiger partial charge on any atom is 0.112 e. The van der Waals surface area contributed by atoms with Crippen LogP contribution in [0.25, 0.3) is 22.3 Å². The minimum absolute atomic E-state index is 0.134. The van der Waals surface area contributed by atoms with E-state index in [0.29, 0.717) is 13.2 Å². The monoisotopic (exact) mass is 434 g/mol. The Hall–Kier alpha value is -3.24. The van der Waals surface area contributed by atoms with Crippen LogP contribution in [0.1, 0.15) is 23.3 Å². The Morgan fingerprint density at radius 3 is 1.21 bits per heavy atom. The third-order valence-electron chi connectivity index (χ3n) is 6.42. The van der Waals surface area contributed by atoms with Crippen molar-refractivity contribution in [1.29, 1.82) is 0 Å². The minimum atomic E-state index is 0.134. The first-order valence-electron chi connectivity index (χ1n) is 11.5. The lowest BCUT2D eigenvalue weighted by Gasteiger charge is -2.03. The molecule has 4 aromatic carbocycles. The zero-order valence-corrected chi connectivity index (χ0v) is 18.3. The third kappa shape index (κ3) is 4.62. The van der Waals surface area contributed by atoms with Crippen LogP contribution in [0.5, 0.6) is 0 Å². The summed E-state index contributed by atoms with van der Waals surface area (Å²) in [6.07, 6.45) is 0.539. The maximum atomic E-state index is 5.92. The summed E-state index contributed by atoms with van der Waals surface area (Å²) in [5.74, 6) is 0. The van der Waals surface area contributed by atoms with E-state index in [1.807, 2.05) is 12.1 Å². The minimum Gasteiger partial charge on any atom is -0.376 e. The van der Waals surface area contributed by atoms with E-state index in [9.17, 15) is 0 Å². The highest BCUT2D eigenvalue weighted by atomic mass is 16.6. The van der Waals surface area contributed by atoms with Gasteiger partial charge in [0.1, 0.15) is 24.4 Å². The van der Waals surface area contributed by atoms with Crippen LogP contribution in [0.2, 0.25) is 0 Å². The Morgan fingerprint density at radius 2 is 0.818 bits per heavy atom. The van der Waals surface area contributed by atoms with E-state index in [4.69, 9.17) is 14.2 Å². The Morgan fingerprint density at radius 1 is 0.455 bits per heavy atom. The number of benzene rings is 4. The van der Waals surface area contributed by atoms with Crippen LogP contribution >= 0.6 is 0 Å². The second-order valence-electron chi connectivity index (χ2n) is 8.70. The summed E-state index contributed by atoms with van der Waals surface area (Å²) in [5.41, 5.74) is 7.33. The summed E-state index contributed by atoms with van der Waals surface area (Å²) in [5, 5.41) is 0. The van der Waals surface area contributed by atoms with Crippen molar-refractivity contribution in [2.45, 2.75) is 24.4 Å². The van der Waals surface area contributed by atoms with Gasteiger partial charge in [-0.1, -0.05) is 109 Å². The van der Waals surface area contributed by atoms with Gasteiger partial charge in [0.05, 0.1) is 13.2 Å². The molecule has 4 aromatic rings. The second-order valence-corrected chi connectivity index (χ2v) is 8.70. The summed E-state index contributed by atoms with van der Waals surface area (Å²) in [6.45, 7) is 1.20. The van der Waals surface area contributed by atoms with Gasteiger partial charge in [0.25, 0.3) is 0 Å². The first-order valence-corrected chi connectivity index (χ1v) is 11.5. The lowest BCUT2D eigenvalue weighted by molar-refractivity contribution is 0.102. The van der Waals surface area contributed by atoms with Gasteiger partial charge in [0.15, 0.2) is 0 Å². The van der Waals surface area contributed by atoms with Gasteiger partial charge in [0, 0.05) is 0 Å². The first-order chi connectivity index (χ1) is 16.3. The average molecular weight is 435 g/mol. The number of ether oxygens (including phenoxy) is 3. The fraction of sp³-hybridized carbons (Fsp3) is 0.200. The van der Waals surface area contributed by atoms with E-state index >= 15 is 0 Å². The summed E-state index contributed by atoms with van der Waals surface area (Å²) in [6, 6.07) is 38.1. The van der Waals surface area contributed by atoms with Crippen molar-refractivity contribution in [3.05, 3.63) is 120 Å². The van der Waals surface area contributed by atoms with E-state index in [0.717, 1.165) is 0 Å². The Kier molecular flexibility index (Phi) is 5.53. The molecule has 164 valence electrons. The number of epoxide rings is 2. The van der Waals surface area contributed by atoms with E-state index in [1.54, 1.807) is 0 Å². The molecule has 0 bridgehead atoms. The van der Waals surface area contributed by atoms with E-state index in [1.165, 1.54) is 33.4 Å². The highest BCUT2D eigenvalue weighted by Gasteiger charge is 2.43. The van der Waals surface area contributed by atoms with Crippen LogP contribution in [0, 0.1) is 0 Å². The SMILES string of the molecule is c1ccc(-c2ccc(C3OC3COCC3OC3c3ccc(-c4ccccc4)cc3)cc2)cc1. The fourth-order valence-corrected chi connectivity index (χ4v) is 4.42. The smallest absolute Gasteiger partial charge is 0.112 e. The molecule has 33 heavy (non-hydrogen) atoms. The van der Waals surface area contributed by atoms with E-state index in [-0.39, 0.29) is 24.4 Å². The lowest BCUT2D eigenvalue weighted by Crippen LogP contribution is -2.08. The molecule has 0 saturated carbocycles. The molecule has 0 radical (unpaired) electrons. The third-order valence-corrected chi connectivity index (χ3v) is 6.42. The first kappa shape index (κ1) is 20.4. The Labute approximate surface area is 194 Å². The van der Waals surface area contributed by atoms with Gasteiger partial charge in [-0.2, -0.15) is 0 Å². The molecule has 0 N–H and O–H groups in total. The van der Waals surface area contributed by atoms with Gasteiger partial charge in [-0.05, 0) is 33.4 Å². The van der Waals surface area contributed by atoms with Crippen LogP contribution in [-0.2, 0) is 14.2 Å². The molecule has 4 atom stereocenters. The molecule has 2 aliphatic rings. The van der Waals surface area contributed by atoms with Crippen LogP contribution in [0.15, 0.2) is 109 Å². The van der Waals surface area contributed by atoms with Crippen molar-refractivity contribution in [2.24, 2.45) is 0 Å². The van der Waals surface area contributed by atoms with Crippen molar-refractivity contribution in [2.75, 3.05) is 13.2 Å². The molecule has 2 fully saturated rings. The molecule has 2 heterocycles. The molecule has 3 nitrogen and oxygen atoms in total. The second kappa shape index (κ2) is 8.95. The Bertz CT molecular complexity index is 1090. The van der Waals surface area contributed by atoms with Gasteiger partial charge in [-0.15, -0.1) is 0 Å². The molecule has 4 unspecified atom stereocenters. The average Bonchev–Trinajstić information content (AvgIpc) is 3.82. The number of hydrogen-bond acceptors (Lipinski definition) is 3. The van der Waals surface area contributed by atoms with Crippen LogP contribution in [-0.4, -0.2) is 25.4 Å². The zero-order chi connectivity index (χ0) is 22.0. The normalized spacial score (nSPS) is 23.3. The van der Waals surface area contributed by atoms with Crippen LogP contribution in [0.4, 0.5) is 0 Å². The molecule has 6 rings (SSSR count). The zero-order valence-electron chi connectivity index (χ0n) is 18.3. The molecule has 0 aromatic heterocycles.